The number of hydrogen-bond donors (Lipinski definition) is 14. The fourth-order valence-corrected chi connectivity index (χ4v) is 12.2. The van der Waals surface area contributed by atoms with E-state index in [-0.39, 0.29) is 75.4 Å². The number of fused-ring (bicyclic) bond motifs is 1. The third kappa shape index (κ3) is 29.7. The molecule has 0 saturated heterocycles. The summed E-state index contributed by atoms with van der Waals surface area (Å²) < 4.78 is 28.5. The van der Waals surface area contributed by atoms with Gasteiger partial charge in [-0.1, -0.05) is 89.3 Å². The normalized spacial score (nSPS) is 22.6. The molecule has 3 aromatic rings. The van der Waals surface area contributed by atoms with Gasteiger partial charge in [-0.15, -0.1) is 0 Å². The number of nitrogens with two attached hydrogens (primary N) is 2. The number of hydrogen-bond acceptors (Lipinski definition) is 19. The van der Waals surface area contributed by atoms with Crippen LogP contribution in [0.1, 0.15) is 184 Å². The molecular weight excluding hydrogens is 1400 g/mol. The topological polar surface area (TPSA) is 456 Å². The van der Waals surface area contributed by atoms with E-state index in [1.165, 1.54) is 61.5 Å². The number of halogens is 2. The zero-order valence-electron chi connectivity index (χ0n) is 64.4. The van der Waals surface area contributed by atoms with Crippen molar-refractivity contribution in [1.82, 2.24) is 63.5 Å². The van der Waals surface area contributed by atoms with E-state index in [0.29, 0.717) is 37.7 Å². The number of rotatable bonds is 29. The van der Waals surface area contributed by atoms with Gasteiger partial charge in [-0.25, -0.2) is 8.78 Å². The lowest BCUT2D eigenvalue weighted by Gasteiger charge is -2.33. The molecule has 0 bridgehead atoms. The Hall–Kier alpha value is -9.33. The van der Waals surface area contributed by atoms with Crippen LogP contribution in [0.5, 0.6) is 0 Å². The van der Waals surface area contributed by atoms with Crippen LogP contribution in [0.3, 0.4) is 0 Å². The number of allylic oxidation sites excluding steroid dienone is 2. The molecule has 0 fully saturated rings. The molecule has 4 rings (SSSR count). The van der Waals surface area contributed by atoms with Crippen molar-refractivity contribution in [3.05, 3.63) is 83.6 Å². The second-order valence-electron chi connectivity index (χ2n) is 29.5. The Kier molecular flexibility index (Phi) is 37.3. The Morgan fingerprint density at radius 2 is 1.23 bits per heavy atom. The first-order valence-corrected chi connectivity index (χ1v) is 37.3. The molecule has 596 valence electrons. The van der Waals surface area contributed by atoms with Gasteiger partial charge in [-0.05, 0) is 162 Å². The molecule has 31 heteroatoms. The van der Waals surface area contributed by atoms with Crippen molar-refractivity contribution in [2.24, 2.45) is 29.2 Å². The van der Waals surface area contributed by atoms with Gasteiger partial charge in [0.25, 0.3) is 0 Å². The molecule has 1 aliphatic heterocycles. The second-order valence-corrected chi connectivity index (χ2v) is 29.5. The van der Waals surface area contributed by atoms with Crippen molar-refractivity contribution in [3.63, 3.8) is 0 Å². The van der Waals surface area contributed by atoms with Crippen LogP contribution in [0.2, 0.25) is 0 Å². The summed E-state index contributed by atoms with van der Waals surface area (Å²) in [5.74, 6) is -15.8. The molecule has 9 amide bonds. The van der Waals surface area contributed by atoms with Gasteiger partial charge in [0.05, 0.1) is 60.8 Å². The van der Waals surface area contributed by atoms with E-state index in [2.05, 4.69) is 63.5 Å². The van der Waals surface area contributed by atoms with Gasteiger partial charge in [-0.3, -0.25) is 82.6 Å². The molecule has 1 aliphatic rings. The molecule has 1 aromatic heterocycles. The fourth-order valence-electron chi connectivity index (χ4n) is 12.2. The molecule has 0 spiro atoms. The lowest BCUT2D eigenvalue weighted by atomic mass is 9.88. The minimum atomic E-state index is -1.72. The summed E-state index contributed by atoms with van der Waals surface area (Å²) >= 11 is 0. The number of primary amides is 2. The number of carbonyl (C=O) groups excluding carboxylic acids is 15. The predicted octanol–water partition coefficient (Wildman–Crippen LogP) is 2.70. The Labute approximate surface area is 630 Å². The summed E-state index contributed by atoms with van der Waals surface area (Å²) in [6.07, 6.45) is 10.9. The Bertz CT molecular complexity index is 3720. The smallest absolute Gasteiger partial charge is 0.246 e. The molecule has 29 nitrogen and oxygen atoms in total. The van der Waals surface area contributed by atoms with Crippen molar-refractivity contribution in [3.8, 4) is 0 Å². The Morgan fingerprint density at radius 1 is 0.639 bits per heavy atom. The second kappa shape index (κ2) is 44.2. The van der Waals surface area contributed by atoms with Crippen LogP contribution in [0.25, 0.3) is 10.9 Å². The number of Topliss-reactive ketones (excluding diaryl/α,β-unsaturated/α-hetero) is 6. The highest BCUT2D eigenvalue weighted by atomic mass is 19.2. The summed E-state index contributed by atoms with van der Waals surface area (Å²) in [6.45, 7) is 16.5. The van der Waals surface area contributed by atoms with Gasteiger partial charge >= 0.3 is 0 Å². The van der Waals surface area contributed by atoms with E-state index in [4.69, 9.17) is 11.5 Å². The molecule has 0 saturated carbocycles. The molecule has 2 heterocycles. The van der Waals surface area contributed by atoms with E-state index in [1.807, 2.05) is 44.2 Å². The van der Waals surface area contributed by atoms with Crippen molar-refractivity contribution >= 4 is 98.8 Å². The molecule has 16 N–H and O–H groups in total. The number of amides is 9. The number of nitrogens with one attached hydrogen (secondary N) is 12. The maximum atomic E-state index is 14.9. The van der Waals surface area contributed by atoms with Crippen molar-refractivity contribution < 1.29 is 80.7 Å². The molecule has 0 radical (unpaired) electrons. The number of benzene rings is 2. The fraction of sp³-hybridized carbons (Fsp3) is 0.597. The largest absolute Gasteiger partial charge is 0.370 e. The van der Waals surface area contributed by atoms with Gasteiger partial charge in [0, 0.05) is 42.5 Å². The lowest BCUT2D eigenvalue weighted by Crippen LogP contribution is -2.62. The first kappa shape index (κ1) is 91.1. The highest BCUT2D eigenvalue weighted by molar-refractivity contribution is 6.41. The maximum Gasteiger partial charge on any atom is 0.246 e. The van der Waals surface area contributed by atoms with Gasteiger partial charge in [0.1, 0.15) is 29.4 Å². The Morgan fingerprint density at radius 3 is 1.84 bits per heavy atom. The maximum absolute atomic E-state index is 14.9. The van der Waals surface area contributed by atoms with Gasteiger partial charge in [0.2, 0.25) is 76.3 Å². The van der Waals surface area contributed by atoms with E-state index >= 15 is 0 Å². The third-order valence-corrected chi connectivity index (χ3v) is 19.3. The van der Waals surface area contributed by atoms with Gasteiger partial charge in [-0.2, -0.15) is 0 Å². The number of aromatic amines is 1. The zero-order valence-corrected chi connectivity index (χ0v) is 64.4. The van der Waals surface area contributed by atoms with Gasteiger partial charge < -0.3 is 64.3 Å². The number of carbonyl (C=O) groups is 15. The molecule has 2 aromatic carbocycles. The van der Waals surface area contributed by atoms with Crippen molar-refractivity contribution in [2.45, 2.75) is 251 Å². The van der Waals surface area contributed by atoms with Crippen molar-refractivity contribution in [1.29, 1.82) is 0 Å². The average molecular weight is 1510 g/mol. The minimum absolute atomic E-state index is 0.0259. The first-order chi connectivity index (χ1) is 50.8. The number of para-hydroxylation sites is 1. The minimum Gasteiger partial charge on any atom is -0.370 e. The number of H-pyrrole nitrogens is 1. The lowest BCUT2D eigenvalue weighted by molar-refractivity contribution is -0.140. The van der Waals surface area contributed by atoms with E-state index in [9.17, 15) is 80.7 Å². The van der Waals surface area contributed by atoms with E-state index < -0.39 is 184 Å². The van der Waals surface area contributed by atoms with Gasteiger partial charge in [0.15, 0.2) is 17.4 Å². The molecular formula is C77H114F2N14O15. The van der Waals surface area contributed by atoms with Crippen LogP contribution < -0.4 is 70.0 Å². The van der Waals surface area contributed by atoms with Crippen LogP contribution in [-0.4, -0.2) is 184 Å². The third-order valence-electron chi connectivity index (χ3n) is 19.3. The number of ketones is 6. The number of aromatic nitrogens is 1. The Balaban J connectivity index is 1.62. The highest BCUT2D eigenvalue weighted by Gasteiger charge is 2.41. The van der Waals surface area contributed by atoms with Crippen LogP contribution in [0.15, 0.2) is 60.8 Å². The summed E-state index contributed by atoms with van der Waals surface area (Å²) in [5.41, 5.74) is 9.13. The highest BCUT2D eigenvalue weighted by Crippen LogP contribution is 2.24. The van der Waals surface area contributed by atoms with Crippen LogP contribution >= 0.6 is 0 Å². The SMILES string of the molecule is CC(=O)CN[C@@H](Cc1ccc(F)c(F)c1)C(=O)N[C@]1(C)CCCCCCCC/C=C/CCC[C@@](C)(C(=O)NC(C)C(=O)N[C@@H](C)C(=O)NC(C)C(=O)N[C@@H](C)C(=O)C(=O)[C@H](C)NC[C@H](C)C(N)=O)NC(=O)[C@H](CC(C)C)CN[C@@H](CCC(N)=O)C(=O)C(=O)C(C)NC(=O)[C@H](Cc2c[nH]c3ccccc23)NCC1=O. The summed E-state index contributed by atoms with van der Waals surface area (Å²) in [4.78, 5) is 208. The average Bonchev–Trinajstić information content (AvgIpc) is 1.55. The van der Waals surface area contributed by atoms with Crippen LogP contribution in [0, 0.1) is 29.4 Å². The summed E-state index contributed by atoms with van der Waals surface area (Å²) in [5, 5.41) is 30.9. The summed E-state index contributed by atoms with van der Waals surface area (Å²) in [6, 6.07) is -1.22. The van der Waals surface area contributed by atoms with Crippen LogP contribution in [0.4, 0.5) is 8.78 Å². The molecule has 108 heavy (non-hydrogen) atoms. The predicted molar refractivity (Wildman–Crippen MR) is 401 cm³/mol. The summed E-state index contributed by atoms with van der Waals surface area (Å²) in [7, 11) is 0. The van der Waals surface area contributed by atoms with E-state index in [1.54, 1.807) is 26.1 Å². The van der Waals surface area contributed by atoms with Crippen LogP contribution in [-0.2, 0) is 84.8 Å². The quantitative estimate of drug-likeness (QED) is 0.0351. The van der Waals surface area contributed by atoms with E-state index in [0.717, 1.165) is 48.7 Å². The van der Waals surface area contributed by atoms with Crippen molar-refractivity contribution in [2.75, 3.05) is 26.2 Å². The molecule has 3 unspecified atom stereocenters. The monoisotopic (exact) mass is 1510 g/mol. The first-order valence-electron chi connectivity index (χ1n) is 37.3. The molecule has 13 atom stereocenters. The molecule has 0 aliphatic carbocycles. The standard InChI is InChI=1S/C77H114F2N14O15/c1-43(2)34-54-41-85-59(30-31-63(80)96)67(100)66(99)48(7)88-73(106)61(37-53-40-84-58-27-23-22-26-55(53)58)86-42-62(95)76(11,93-74(107)60(83-39-45(4)94)36-52-28-29-56(78)57(79)35-52)32-24-20-18-16-14-13-15-17-19-21-25-33-77(12,92-72(54)105)75(108)91-51(10)71(104)90-50(9)70(103)89-49(8)69(102)87-47(6)65(98)64(97)46(5)82-38-44(3)68(81)101/h17,19,22-23,26-29,35,40,43-44,46-51,54,59-61,82-86H,13-16,18,20-21,24-25,30-34,36-39,41-42H2,1-12H3,(H2,80,96)(H2,81,101)(H,87,102)(H,88,106)(H,89,103)(H,90,104)(H,91,108)(H,92,105)(H,93,107)/b19-17+/t44-,46-,47-,48?,49?,50-,51?,54+,59-,60-,61-,76+,77-/m0/s1. The zero-order chi connectivity index (χ0) is 80.8.